The van der Waals surface area contributed by atoms with Gasteiger partial charge in [-0.25, -0.2) is 4.42 Å². The van der Waals surface area contributed by atoms with Gasteiger partial charge in [0, 0.05) is 18.7 Å². The van der Waals surface area contributed by atoms with Gasteiger partial charge in [0.1, 0.15) is 6.04 Å². The summed E-state index contributed by atoms with van der Waals surface area (Å²) in [4.78, 5) is 22.5. The summed E-state index contributed by atoms with van der Waals surface area (Å²) in [5.41, 5.74) is 0.718. The van der Waals surface area contributed by atoms with E-state index in [0.29, 0.717) is 0 Å². The Morgan fingerprint density at radius 3 is 2.13 bits per heavy atom. The molecule has 0 aliphatic heterocycles. The first-order chi connectivity index (χ1) is 7.04. The first-order valence-electron chi connectivity index (χ1n) is 4.55. The Morgan fingerprint density at radius 1 is 1.20 bits per heavy atom. The topological polar surface area (TPSA) is 37.4 Å². The van der Waals surface area contributed by atoms with Crippen LogP contribution in [0, 0.1) is 0 Å². The summed E-state index contributed by atoms with van der Waals surface area (Å²) in [5, 5.41) is 0. The lowest BCUT2D eigenvalue weighted by atomic mass is 10.0. The third-order valence-corrected chi connectivity index (χ3v) is 2.46. The highest BCUT2D eigenvalue weighted by Crippen LogP contribution is 2.23. The molecule has 1 atom stereocenters. The van der Waals surface area contributed by atoms with Crippen molar-refractivity contribution < 1.29 is 9.59 Å². The maximum Gasteiger partial charge on any atom is 0.234 e. The average Bonchev–Trinajstić information content (AvgIpc) is 2.18. The van der Waals surface area contributed by atoms with Gasteiger partial charge in [-0.05, 0) is 12.5 Å². The molecule has 0 saturated heterocycles. The van der Waals surface area contributed by atoms with Crippen molar-refractivity contribution in [2.24, 2.45) is 0 Å². The molecule has 0 fully saturated rings. The Balaban J connectivity index is 3.04. The maximum atomic E-state index is 11.4. The lowest BCUT2D eigenvalue weighted by Crippen LogP contribution is -2.29. The largest absolute Gasteiger partial charge is 0.297 e. The number of Topliss-reactive ketones (excluding diaryl/α,β-unsaturated/α-hetero) is 1. The van der Waals surface area contributed by atoms with E-state index in [1.54, 1.807) is 24.3 Å². The second-order valence-corrected chi connectivity index (χ2v) is 3.62. The number of hydrogen-bond donors (Lipinski definition) is 0. The number of nitrogens with zero attached hydrogens (tertiary/aromatic N) is 1. The molecule has 0 aromatic heterocycles. The fraction of sp³-hybridized carbons (Fsp3) is 0.273. The zero-order chi connectivity index (χ0) is 11.4. The molecular weight excluding hydrogens is 214 g/mol. The van der Waals surface area contributed by atoms with Crippen LogP contribution in [-0.4, -0.2) is 16.1 Å². The van der Waals surface area contributed by atoms with Crippen LogP contribution >= 0.6 is 11.8 Å². The third-order valence-electron chi connectivity index (χ3n) is 2.03. The number of rotatable bonds is 3. The van der Waals surface area contributed by atoms with E-state index in [1.807, 2.05) is 6.07 Å². The molecular formula is C11H12ClNO2. The summed E-state index contributed by atoms with van der Waals surface area (Å²) in [7, 11) is 0. The lowest BCUT2D eigenvalue weighted by Gasteiger charge is -2.22. The highest BCUT2D eigenvalue weighted by molar-refractivity contribution is 6.22. The minimum atomic E-state index is -0.703. The van der Waals surface area contributed by atoms with Crippen LogP contribution in [0.5, 0.6) is 0 Å². The quantitative estimate of drug-likeness (QED) is 0.741. The SMILES string of the molecule is CC(=O)C(c1ccccc1)N(Cl)C(C)=O. The minimum Gasteiger partial charge on any atom is -0.297 e. The number of carbonyl (C=O) groups is 2. The standard InChI is InChI=1S/C11H12ClNO2/c1-8(14)11(13(12)9(2)15)10-6-4-3-5-7-10/h3-7,11H,1-2H3. The van der Waals surface area contributed by atoms with Crippen molar-refractivity contribution in [2.45, 2.75) is 19.9 Å². The fourth-order valence-electron chi connectivity index (χ4n) is 1.34. The van der Waals surface area contributed by atoms with Crippen LogP contribution in [0.2, 0.25) is 0 Å². The van der Waals surface area contributed by atoms with Crippen LogP contribution in [0.4, 0.5) is 0 Å². The van der Waals surface area contributed by atoms with E-state index < -0.39 is 6.04 Å². The average molecular weight is 226 g/mol. The van der Waals surface area contributed by atoms with E-state index >= 15 is 0 Å². The van der Waals surface area contributed by atoms with Gasteiger partial charge in [0.15, 0.2) is 5.78 Å². The van der Waals surface area contributed by atoms with Crippen LogP contribution in [0.1, 0.15) is 25.5 Å². The van der Waals surface area contributed by atoms with Crippen LogP contribution in [-0.2, 0) is 9.59 Å². The summed E-state index contributed by atoms with van der Waals surface area (Å²) in [6, 6.07) is 8.28. The molecule has 0 saturated carbocycles. The van der Waals surface area contributed by atoms with Gasteiger partial charge in [0.25, 0.3) is 0 Å². The number of halogens is 1. The van der Waals surface area contributed by atoms with Crippen LogP contribution in [0.25, 0.3) is 0 Å². The molecule has 0 aliphatic rings. The predicted octanol–water partition coefficient (Wildman–Crippen LogP) is 2.32. The lowest BCUT2D eigenvalue weighted by molar-refractivity contribution is -0.132. The van der Waals surface area contributed by atoms with E-state index in [-0.39, 0.29) is 11.7 Å². The summed E-state index contributed by atoms with van der Waals surface area (Å²) in [6.45, 7) is 2.74. The van der Waals surface area contributed by atoms with E-state index in [4.69, 9.17) is 11.8 Å². The molecule has 0 aliphatic carbocycles. The number of ketones is 1. The van der Waals surface area contributed by atoms with Gasteiger partial charge < -0.3 is 0 Å². The molecule has 1 aromatic carbocycles. The molecule has 1 aromatic rings. The molecule has 0 N–H and O–H groups in total. The maximum absolute atomic E-state index is 11.4. The number of amides is 1. The second kappa shape index (κ2) is 4.94. The van der Waals surface area contributed by atoms with Crippen LogP contribution in [0.3, 0.4) is 0 Å². The number of carbonyl (C=O) groups excluding carboxylic acids is 2. The summed E-state index contributed by atoms with van der Waals surface area (Å²) >= 11 is 5.77. The number of hydrogen-bond acceptors (Lipinski definition) is 2. The molecule has 0 bridgehead atoms. The van der Waals surface area contributed by atoms with Crippen LogP contribution < -0.4 is 0 Å². The second-order valence-electron chi connectivity index (χ2n) is 3.25. The molecule has 1 unspecified atom stereocenters. The van der Waals surface area contributed by atoms with Crippen molar-refractivity contribution in [3.05, 3.63) is 35.9 Å². The van der Waals surface area contributed by atoms with Gasteiger partial charge in [-0.1, -0.05) is 30.3 Å². The summed E-state index contributed by atoms with van der Waals surface area (Å²) in [5.74, 6) is -0.507. The number of benzene rings is 1. The summed E-state index contributed by atoms with van der Waals surface area (Å²) in [6.07, 6.45) is 0. The van der Waals surface area contributed by atoms with Gasteiger partial charge in [-0.3, -0.25) is 9.59 Å². The summed E-state index contributed by atoms with van der Waals surface area (Å²) < 4.78 is 0.928. The first-order valence-corrected chi connectivity index (χ1v) is 4.89. The van der Waals surface area contributed by atoms with E-state index in [2.05, 4.69) is 0 Å². The van der Waals surface area contributed by atoms with E-state index in [0.717, 1.165) is 9.98 Å². The van der Waals surface area contributed by atoms with Crippen molar-refractivity contribution in [3.63, 3.8) is 0 Å². The molecule has 80 valence electrons. The Hall–Kier alpha value is -1.35. The van der Waals surface area contributed by atoms with Crippen molar-refractivity contribution in [1.82, 2.24) is 4.42 Å². The van der Waals surface area contributed by atoms with E-state index in [9.17, 15) is 9.59 Å². The van der Waals surface area contributed by atoms with Crippen molar-refractivity contribution in [1.29, 1.82) is 0 Å². The highest BCUT2D eigenvalue weighted by Gasteiger charge is 2.25. The molecule has 4 heteroatoms. The molecule has 0 heterocycles. The molecule has 15 heavy (non-hydrogen) atoms. The Morgan fingerprint density at radius 2 is 1.73 bits per heavy atom. The first kappa shape index (κ1) is 11.7. The molecule has 1 rings (SSSR count). The zero-order valence-corrected chi connectivity index (χ0v) is 9.36. The Bertz CT molecular complexity index is 364. The normalized spacial score (nSPS) is 11.9. The highest BCUT2D eigenvalue weighted by atomic mass is 35.5. The molecule has 3 nitrogen and oxygen atoms in total. The van der Waals surface area contributed by atoms with Crippen LogP contribution in [0.15, 0.2) is 30.3 Å². The molecule has 1 amide bonds. The Kier molecular flexibility index (Phi) is 3.86. The van der Waals surface area contributed by atoms with Gasteiger partial charge in [0.05, 0.1) is 0 Å². The zero-order valence-electron chi connectivity index (χ0n) is 8.61. The van der Waals surface area contributed by atoms with Gasteiger partial charge in [-0.15, -0.1) is 0 Å². The predicted molar refractivity (Wildman–Crippen MR) is 58.2 cm³/mol. The van der Waals surface area contributed by atoms with E-state index in [1.165, 1.54) is 13.8 Å². The molecule has 0 spiro atoms. The van der Waals surface area contributed by atoms with Gasteiger partial charge in [0.2, 0.25) is 5.91 Å². The van der Waals surface area contributed by atoms with Crippen molar-refractivity contribution in [2.75, 3.05) is 0 Å². The Labute approximate surface area is 93.8 Å². The van der Waals surface area contributed by atoms with Gasteiger partial charge in [-0.2, -0.15) is 0 Å². The monoisotopic (exact) mass is 225 g/mol. The minimum absolute atomic E-state index is 0.161. The van der Waals surface area contributed by atoms with Crippen molar-refractivity contribution >= 4 is 23.5 Å². The smallest absolute Gasteiger partial charge is 0.234 e. The van der Waals surface area contributed by atoms with Gasteiger partial charge >= 0.3 is 0 Å². The fourth-order valence-corrected chi connectivity index (χ4v) is 1.59. The third kappa shape index (κ3) is 2.80. The van der Waals surface area contributed by atoms with Crippen molar-refractivity contribution in [3.8, 4) is 0 Å². The molecule has 0 radical (unpaired) electrons.